The summed E-state index contributed by atoms with van der Waals surface area (Å²) < 4.78 is 25.8. The molecule has 0 saturated carbocycles. The van der Waals surface area contributed by atoms with Gasteiger partial charge in [0.2, 0.25) is 0 Å². The molecule has 0 radical (unpaired) electrons. The first-order valence-corrected chi connectivity index (χ1v) is 16.4. The lowest BCUT2D eigenvalue weighted by atomic mass is 9.99. The number of hydrogen-bond acceptors (Lipinski definition) is 4. The van der Waals surface area contributed by atoms with Crippen molar-refractivity contribution >= 4 is 30.4 Å². The Bertz CT molecular complexity index is 412. The van der Waals surface area contributed by atoms with Crippen molar-refractivity contribution in [1.29, 1.82) is 0 Å². The Labute approximate surface area is 139 Å². The van der Waals surface area contributed by atoms with E-state index in [1.165, 1.54) is 0 Å². The van der Waals surface area contributed by atoms with Gasteiger partial charge in [-0.05, 0) is 50.6 Å². The van der Waals surface area contributed by atoms with E-state index in [1.54, 1.807) is 0 Å². The molecule has 0 bridgehead atoms. The fourth-order valence-electron chi connectivity index (χ4n) is 1.81. The van der Waals surface area contributed by atoms with Gasteiger partial charge in [0.1, 0.15) is 0 Å². The lowest BCUT2D eigenvalue weighted by Crippen LogP contribution is -2.34. The summed E-state index contributed by atoms with van der Waals surface area (Å²) in [4.78, 5) is 4.64. The van der Waals surface area contributed by atoms with Crippen LogP contribution in [0.4, 0.5) is 0 Å². The first-order valence-electron chi connectivity index (χ1n) is 8.01. The third kappa shape index (κ3) is 9.41. The first-order chi connectivity index (χ1) is 9.45. The van der Waals surface area contributed by atoms with Crippen molar-refractivity contribution < 1.29 is 13.0 Å². The molecule has 0 fully saturated rings. The molecule has 0 amide bonds. The second kappa shape index (κ2) is 7.43. The van der Waals surface area contributed by atoms with E-state index in [4.69, 9.17) is 8.43 Å². The highest BCUT2D eigenvalue weighted by Crippen LogP contribution is 2.59. The molecule has 7 heteroatoms. The fourth-order valence-corrected chi connectivity index (χ4v) is 10.2. The quantitative estimate of drug-likeness (QED) is 0.317. The molecule has 4 nitrogen and oxygen atoms in total. The van der Waals surface area contributed by atoms with Crippen LogP contribution in [0.15, 0.2) is 4.99 Å². The zero-order valence-corrected chi connectivity index (χ0v) is 19.2. The van der Waals surface area contributed by atoms with Gasteiger partial charge in [-0.25, -0.2) is 0 Å². The van der Waals surface area contributed by atoms with Gasteiger partial charge in [-0.15, -0.1) is 0 Å². The smallest absolute Gasteiger partial charge is 0.335 e. The second-order valence-corrected chi connectivity index (χ2v) is 20.8. The zero-order valence-electron chi connectivity index (χ0n) is 16.4. The monoisotopic (exact) mass is 365 g/mol. The molecule has 0 spiro atoms. The molecule has 0 aromatic carbocycles. The van der Waals surface area contributed by atoms with Gasteiger partial charge in [-0.1, -0.05) is 34.6 Å². The van der Waals surface area contributed by atoms with Crippen LogP contribution in [0.2, 0.25) is 39.3 Å². The second-order valence-electron chi connectivity index (χ2n) is 9.25. The van der Waals surface area contributed by atoms with Gasteiger partial charge in [0.15, 0.2) is 22.4 Å². The van der Waals surface area contributed by atoms with Crippen LogP contribution in [0.3, 0.4) is 0 Å². The fraction of sp³-hybridized carbons (Fsp3) is 0.933. The summed E-state index contributed by atoms with van der Waals surface area (Å²) in [7, 11) is -7.32. The molecule has 0 aliphatic rings. The highest BCUT2D eigenvalue weighted by molar-refractivity contribution is 7.57. The molecular weight excluding hydrogens is 329 g/mol. The largest absolute Gasteiger partial charge is 0.350 e. The standard InChI is InChI=1S/C15H36NO3PSi2/c1-13(2)14(16-12-15(3,4)5)20(17,18-21(6,7)8)19-22(9,10)11/h12-14H,1-11H3/b16-12+. The van der Waals surface area contributed by atoms with Crippen LogP contribution in [0.5, 0.6) is 0 Å². The number of rotatable bonds is 7. The molecule has 132 valence electrons. The van der Waals surface area contributed by atoms with Gasteiger partial charge in [0, 0.05) is 6.21 Å². The molecule has 0 N–H and O–H groups in total. The number of hydrogen-bond donors (Lipinski definition) is 0. The molecule has 0 rings (SSSR count). The third-order valence-electron chi connectivity index (χ3n) is 2.34. The molecule has 1 unspecified atom stereocenters. The average molecular weight is 366 g/mol. The average Bonchev–Trinajstić information content (AvgIpc) is 2.06. The predicted molar refractivity (Wildman–Crippen MR) is 103 cm³/mol. The van der Waals surface area contributed by atoms with Crippen molar-refractivity contribution in [2.24, 2.45) is 16.3 Å². The van der Waals surface area contributed by atoms with E-state index in [-0.39, 0.29) is 11.3 Å². The Hall–Kier alpha value is 0.254. The summed E-state index contributed by atoms with van der Waals surface area (Å²) in [6.07, 6.45) is 1.88. The van der Waals surface area contributed by atoms with Crippen molar-refractivity contribution in [3.8, 4) is 0 Å². The maximum atomic E-state index is 13.6. The molecule has 22 heavy (non-hydrogen) atoms. The summed E-state index contributed by atoms with van der Waals surface area (Å²) >= 11 is 0. The Kier molecular flexibility index (Phi) is 7.52. The van der Waals surface area contributed by atoms with Crippen LogP contribution in [-0.4, -0.2) is 28.6 Å². The van der Waals surface area contributed by atoms with Gasteiger partial charge in [0.05, 0.1) is 0 Å². The predicted octanol–water partition coefficient (Wildman–Crippen LogP) is 5.98. The molecule has 0 aliphatic carbocycles. The molecular formula is C15H36NO3PSi2. The molecule has 0 aromatic heterocycles. The van der Waals surface area contributed by atoms with E-state index in [9.17, 15) is 4.57 Å². The first kappa shape index (κ1) is 22.3. The van der Waals surface area contributed by atoms with Crippen LogP contribution in [0, 0.1) is 11.3 Å². The highest BCUT2D eigenvalue weighted by atomic mass is 31.2. The minimum absolute atomic E-state index is 0.0592. The number of aliphatic imine (C=N–C) groups is 1. The molecule has 0 aromatic rings. The van der Waals surface area contributed by atoms with Gasteiger partial charge < -0.3 is 8.43 Å². The minimum Gasteiger partial charge on any atom is -0.350 e. The van der Waals surface area contributed by atoms with Crippen molar-refractivity contribution in [3.05, 3.63) is 0 Å². The van der Waals surface area contributed by atoms with Crippen LogP contribution in [-0.2, 0) is 13.0 Å². The lowest BCUT2D eigenvalue weighted by molar-refractivity contribution is 0.354. The summed E-state index contributed by atoms with van der Waals surface area (Å²) in [5.41, 5.74) is -0.0592. The Morgan fingerprint density at radius 1 is 0.955 bits per heavy atom. The van der Waals surface area contributed by atoms with Crippen LogP contribution in [0.1, 0.15) is 34.6 Å². The van der Waals surface area contributed by atoms with Crippen molar-refractivity contribution in [2.75, 3.05) is 0 Å². The topological polar surface area (TPSA) is 47.9 Å². The van der Waals surface area contributed by atoms with E-state index in [1.807, 2.05) is 59.3 Å². The van der Waals surface area contributed by atoms with E-state index >= 15 is 0 Å². The zero-order chi connectivity index (χ0) is 18.0. The van der Waals surface area contributed by atoms with Crippen LogP contribution >= 0.6 is 7.60 Å². The van der Waals surface area contributed by atoms with E-state index < -0.39 is 30.0 Å². The van der Waals surface area contributed by atoms with Crippen molar-refractivity contribution in [3.63, 3.8) is 0 Å². The van der Waals surface area contributed by atoms with Crippen LogP contribution < -0.4 is 0 Å². The van der Waals surface area contributed by atoms with Gasteiger partial charge in [0.25, 0.3) is 0 Å². The van der Waals surface area contributed by atoms with Crippen molar-refractivity contribution in [1.82, 2.24) is 0 Å². The SMILES string of the molecule is CC(C)C(/N=C/C(C)(C)C)P(=O)(O[Si](C)(C)C)O[Si](C)(C)C. The third-order valence-corrected chi connectivity index (χ3v) is 10.1. The summed E-state index contributed by atoms with van der Waals surface area (Å²) in [5.74, 6) is -0.345. The molecule has 0 aliphatic heterocycles. The Morgan fingerprint density at radius 3 is 1.55 bits per heavy atom. The molecule has 1 atom stereocenters. The summed E-state index contributed by atoms with van der Waals surface area (Å²) in [6.45, 7) is 22.5. The molecule has 0 heterocycles. The summed E-state index contributed by atoms with van der Waals surface area (Å²) in [6, 6.07) is 0. The molecule has 0 saturated heterocycles. The Balaban J connectivity index is 5.77. The van der Waals surface area contributed by atoms with E-state index in [2.05, 4.69) is 25.8 Å². The van der Waals surface area contributed by atoms with E-state index in [0.717, 1.165) is 0 Å². The summed E-state index contributed by atoms with van der Waals surface area (Å²) in [5, 5.41) is 0. The van der Waals surface area contributed by atoms with Crippen LogP contribution in [0.25, 0.3) is 0 Å². The minimum atomic E-state index is -3.29. The maximum Gasteiger partial charge on any atom is 0.335 e. The van der Waals surface area contributed by atoms with E-state index in [0.29, 0.717) is 0 Å². The Morgan fingerprint density at radius 2 is 1.32 bits per heavy atom. The lowest BCUT2D eigenvalue weighted by Gasteiger charge is -2.35. The van der Waals surface area contributed by atoms with Gasteiger partial charge in [-0.2, -0.15) is 0 Å². The maximum absolute atomic E-state index is 13.6. The van der Waals surface area contributed by atoms with Gasteiger partial charge in [-0.3, -0.25) is 9.56 Å². The highest BCUT2D eigenvalue weighted by Gasteiger charge is 2.44. The van der Waals surface area contributed by atoms with Gasteiger partial charge >= 0.3 is 7.60 Å². The number of nitrogens with zero attached hydrogens (tertiary/aromatic N) is 1. The normalized spacial score (nSPS) is 16.5. The van der Waals surface area contributed by atoms with Crippen molar-refractivity contribution in [2.45, 2.75) is 79.7 Å².